The molecule has 2 unspecified atom stereocenters. The van der Waals surface area contributed by atoms with Gasteiger partial charge in [-0.15, -0.1) is 11.3 Å². The van der Waals surface area contributed by atoms with Crippen molar-refractivity contribution in [1.29, 1.82) is 0 Å². The van der Waals surface area contributed by atoms with E-state index >= 15 is 0 Å². The molecule has 2 aromatic rings. The number of nitrogens with two attached hydrogens (primary N) is 1. The van der Waals surface area contributed by atoms with E-state index in [1.165, 1.54) is 4.88 Å². The first-order valence-corrected chi connectivity index (χ1v) is 7.91. The summed E-state index contributed by atoms with van der Waals surface area (Å²) in [5.41, 5.74) is 8.49. The lowest BCUT2D eigenvalue weighted by Gasteiger charge is -2.31. The maximum atomic E-state index is 6.34. The Hall–Kier alpha value is -1.23. The van der Waals surface area contributed by atoms with E-state index in [9.17, 15) is 0 Å². The molecule has 2 atom stereocenters. The molecule has 0 saturated heterocycles. The highest BCUT2D eigenvalue weighted by Crippen LogP contribution is 2.28. The van der Waals surface area contributed by atoms with Crippen molar-refractivity contribution in [2.75, 3.05) is 7.05 Å². The number of likely N-dealkylation sites (N-methyl/N-ethyl adjacent to an activating group) is 1. The lowest BCUT2D eigenvalue weighted by molar-refractivity contribution is 0.203. The number of thiophene rings is 1. The smallest absolute Gasteiger partial charge is 0.0594 e. The van der Waals surface area contributed by atoms with E-state index in [4.69, 9.17) is 5.73 Å². The molecular weight excluding hydrogens is 266 g/mol. The van der Waals surface area contributed by atoms with Gasteiger partial charge in [0.1, 0.15) is 0 Å². The number of aromatic nitrogens is 1. The van der Waals surface area contributed by atoms with Gasteiger partial charge in [-0.2, -0.15) is 0 Å². The Morgan fingerprint density at radius 2 is 2.10 bits per heavy atom. The molecule has 0 bridgehead atoms. The third-order valence-corrected chi connectivity index (χ3v) is 4.49. The highest BCUT2D eigenvalue weighted by molar-refractivity contribution is 7.10. The van der Waals surface area contributed by atoms with Gasteiger partial charge in [0, 0.05) is 23.2 Å². The van der Waals surface area contributed by atoms with Crippen molar-refractivity contribution in [3.8, 4) is 0 Å². The van der Waals surface area contributed by atoms with E-state index in [2.05, 4.69) is 53.5 Å². The van der Waals surface area contributed by atoms with Crippen LogP contribution >= 0.6 is 11.3 Å². The van der Waals surface area contributed by atoms with Crippen LogP contribution in [0, 0.1) is 6.92 Å². The second-order valence-corrected chi connectivity index (χ2v) is 6.20. The summed E-state index contributed by atoms with van der Waals surface area (Å²) >= 11 is 1.77. The van der Waals surface area contributed by atoms with Gasteiger partial charge >= 0.3 is 0 Å². The van der Waals surface area contributed by atoms with E-state index < -0.39 is 0 Å². The average molecular weight is 289 g/mol. The molecule has 20 heavy (non-hydrogen) atoms. The molecule has 0 fully saturated rings. The molecule has 2 aromatic heterocycles. The maximum Gasteiger partial charge on any atom is 0.0594 e. The first-order valence-electron chi connectivity index (χ1n) is 7.03. The number of hydrogen-bond donors (Lipinski definition) is 1. The monoisotopic (exact) mass is 289 g/mol. The second-order valence-electron chi connectivity index (χ2n) is 5.22. The fourth-order valence-electron chi connectivity index (χ4n) is 2.48. The molecule has 0 amide bonds. The lowest BCUT2D eigenvalue weighted by atomic mass is 10.0. The van der Waals surface area contributed by atoms with Crippen LogP contribution in [-0.4, -0.2) is 23.0 Å². The Balaban J connectivity index is 2.17. The number of rotatable bonds is 6. The third-order valence-electron chi connectivity index (χ3n) is 3.54. The fraction of sp³-hybridized carbons (Fsp3) is 0.438. The van der Waals surface area contributed by atoms with Gasteiger partial charge in [-0.1, -0.05) is 19.1 Å². The number of nitrogens with zero attached hydrogens (tertiary/aromatic N) is 2. The Morgan fingerprint density at radius 3 is 2.70 bits per heavy atom. The minimum atomic E-state index is 0.142. The van der Waals surface area contributed by atoms with Crippen LogP contribution in [0.1, 0.15) is 35.7 Å². The van der Waals surface area contributed by atoms with Gasteiger partial charge in [-0.25, -0.2) is 0 Å². The second kappa shape index (κ2) is 6.97. The summed E-state index contributed by atoms with van der Waals surface area (Å²) in [6, 6.07) is 10.8. The van der Waals surface area contributed by atoms with Gasteiger partial charge in [-0.3, -0.25) is 9.88 Å². The molecule has 4 heteroatoms. The average Bonchev–Trinajstić information content (AvgIpc) is 2.92. The molecule has 2 heterocycles. The highest BCUT2D eigenvalue weighted by Gasteiger charge is 2.24. The molecule has 2 rings (SSSR count). The molecule has 0 aliphatic rings. The first kappa shape index (κ1) is 15.2. The van der Waals surface area contributed by atoms with Gasteiger partial charge in [0.25, 0.3) is 0 Å². The number of hydrogen-bond acceptors (Lipinski definition) is 4. The zero-order valence-corrected chi connectivity index (χ0v) is 13.2. The van der Waals surface area contributed by atoms with Gasteiger partial charge < -0.3 is 5.73 Å². The van der Waals surface area contributed by atoms with Gasteiger partial charge in [-0.05, 0) is 44.0 Å². The molecule has 0 aliphatic heterocycles. The summed E-state index contributed by atoms with van der Waals surface area (Å²) in [6.45, 7) is 4.99. The van der Waals surface area contributed by atoms with Crippen LogP contribution in [-0.2, 0) is 6.54 Å². The first-order chi connectivity index (χ1) is 9.61. The Labute approximate surface area is 125 Å². The maximum absolute atomic E-state index is 6.34. The fourth-order valence-corrected chi connectivity index (χ4v) is 3.44. The highest BCUT2D eigenvalue weighted by atomic mass is 32.1. The zero-order chi connectivity index (χ0) is 14.5. The third kappa shape index (κ3) is 3.66. The molecule has 0 aliphatic carbocycles. The van der Waals surface area contributed by atoms with Crippen LogP contribution in [0.3, 0.4) is 0 Å². The molecule has 0 spiro atoms. The van der Waals surface area contributed by atoms with Crippen molar-refractivity contribution in [2.24, 2.45) is 5.73 Å². The van der Waals surface area contributed by atoms with Crippen LogP contribution in [0.2, 0.25) is 0 Å². The van der Waals surface area contributed by atoms with Gasteiger partial charge in [0.15, 0.2) is 0 Å². The van der Waals surface area contributed by atoms with Crippen LogP contribution in [0.25, 0.3) is 0 Å². The summed E-state index contributed by atoms with van der Waals surface area (Å²) in [7, 11) is 2.13. The topological polar surface area (TPSA) is 42.1 Å². The molecule has 0 radical (unpaired) electrons. The minimum Gasteiger partial charge on any atom is -0.326 e. The van der Waals surface area contributed by atoms with E-state index in [-0.39, 0.29) is 12.1 Å². The molecule has 0 saturated carbocycles. The van der Waals surface area contributed by atoms with Crippen LogP contribution in [0.4, 0.5) is 0 Å². The van der Waals surface area contributed by atoms with E-state index in [0.717, 1.165) is 24.4 Å². The summed E-state index contributed by atoms with van der Waals surface area (Å²) in [5.74, 6) is 0. The summed E-state index contributed by atoms with van der Waals surface area (Å²) < 4.78 is 0. The number of aryl methyl sites for hydroxylation is 1. The van der Waals surface area contributed by atoms with E-state index in [1.54, 1.807) is 11.3 Å². The van der Waals surface area contributed by atoms with Gasteiger partial charge in [0.05, 0.1) is 11.7 Å². The molecule has 2 N–H and O–H groups in total. The Bertz CT molecular complexity index is 524. The van der Waals surface area contributed by atoms with Crippen LogP contribution in [0.15, 0.2) is 35.7 Å². The Morgan fingerprint density at radius 1 is 1.30 bits per heavy atom. The minimum absolute atomic E-state index is 0.142. The molecule has 3 nitrogen and oxygen atoms in total. The normalized spacial score (nSPS) is 14.4. The van der Waals surface area contributed by atoms with Crippen LogP contribution < -0.4 is 5.73 Å². The largest absolute Gasteiger partial charge is 0.326 e. The zero-order valence-electron chi connectivity index (χ0n) is 12.4. The van der Waals surface area contributed by atoms with Crippen molar-refractivity contribution >= 4 is 11.3 Å². The summed E-state index contributed by atoms with van der Waals surface area (Å²) in [6.07, 6.45) is 0.966. The Kier molecular flexibility index (Phi) is 5.29. The van der Waals surface area contributed by atoms with Crippen molar-refractivity contribution in [2.45, 2.75) is 38.9 Å². The molecular formula is C16H23N3S. The predicted octanol–water partition coefficient (Wildman–Crippen LogP) is 3.36. The van der Waals surface area contributed by atoms with Crippen molar-refractivity contribution in [1.82, 2.24) is 9.88 Å². The van der Waals surface area contributed by atoms with E-state index in [1.807, 2.05) is 13.0 Å². The lowest BCUT2D eigenvalue weighted by Crippen LogP contribution is -2.38. The van der Waals surface area contributed by atoms with Crippen molar-refractivity contribution in [3.63, 3.8) is 0 Å². The standard InChI is InChI=1S/C16H23N3S/c1-4-14(17)16(15-9-6-10-20-15)19(3)11-13-8-5-7-12(2)18-13/h5-10,14,16H,4,11,17H2,1-3H3. The van der Waals surface area contributed by atoms with E-state index in [0.29, 0.717) is 0 Å². The summed E-state index contributed by atoms with van der Waals surface area (Å²) in [4.78, 5) is 8.22. The molecule has 108 valence electrons. The predicted molar refractivity (Wildman–Crippen MR) is 85.8 cm³/mol. The number of pyridine rings is 1. The SMILES string of the molecule is CCC(N)C(c1cccs1)N(C)Cc1cccc(C)n1. The van der Waals surface area contributed by atoms with Crippen LogP contribution in [0.5, 0.6) is 0 Å². The van der Waals surface area contributed by atoms with Gasteiger partial charge in [0.2, 0.25) is 0 Å². The quantitative estimate of drug-likeness (QED) is 0.886. The summed E-state index contributed by atoms with van der Waals surface area (Å²) in [5, 5.41) is 2.11. The van der Waals surface area contributed by atoms with Crippen molar-refractivity contribution in [3.05, 3.63) is 52.0 Å². The molecule has 0 aromatic carbocycles. The van der Waals surface area contributed by atoms with Crippen molar-refractivity contribution < 1.29 is 0 Å².